The predicted molar refractivity (Wildman–Crippen MR) is 126 cm³/mol. The van der Waals surface area contributed by atoms with Gasteiger partial charge in [-0.2, -0.15) is 0 Å². The molecule has 0 amide bonds. The molecule has 31 heavy (non-hydrogen) atoms. The molecule has 4 heteroatoms. The van der Waals surface area contributed by atoms with Gasteiger partial charge in [-0.25, -0.2) is 0 Å². The smallest absolute Gasteiger partial charge is 0.306 e. The number of epoxide rings is 1. The van der Waals surface area contributed by atoms with Crippen LogP contribution in [0.5, 0.6) is 0 Å². The number of carbonyl (C=O) groups is 2. The van der Waals surface area contributed by atoms with Crippen molar-refractivity contribution in [2.75, 3.05) is 0 Å². The van der Waals surface area contributed by atoms with E-state index in [4.69, 9.17) is 9.47 Å². The predicted octanol–water partition coefficient (Wildman–Crippen LogP) is 7.09. The molecule has 0 bridgehead atoms. The topological polar surface area (TPSA) is 55.9 Å². The van der Waals surface area contributed by atoms with Crippen molar-refractivity contribution >= 4 is 11.8 Å². The van der Waals surface area contributed by atoms with E-state index < -0.39 is 5.60 Å². The number of hydrogen-bond acceptors (Lipinski definition) is 4. The number of esters is 1. The number of ether oxygens (including phenoxy) is 2. The van der Waals surface area contributed by atoms with E-state index in [1.54, 1.807) is 13.0 Å². The summed E-state index contributed by atoms with van der Waals surface area (Å²) in [6, 6.07) is 0. The Kier molecular flexibility index (Phi) is 9.79. The highest BCUT2D eigenvalue weighted by atomic mass is 16.6. The molecule has 0 aromatic heterocycles. The molecule has 0 radical (unpaired) electrons. The summed E-state index contributed by atoms with van der Waals surface area (Å²) >= 11 is 0. The summed E-state index contributed by atoms with van der Waals surface area (Å²) in [6.07, 6.45) is 19.5. The maximum absolute atomic E-state index is 12.4. The van der Waals surface area contributed by atoms with Gasteiger partial charge in [-0.05, 0) is 38.8 Å². The lowest BCUT2D eigenvalue weighted by molar-refractivity contribution is -0.152. The molecule has 1 saturated carbocycles. The van der Waals surface area contributed by atoms with Crippen molar-refractivity contribution in [2.45, 2.75) is 142 Å². The molecule has 0 aromatic carbocycles. The van der Waals surface area contributed by atoms with E-state index in [0.29, 0.717) is 12.8 Å². The largest absolute Gasteiger partial charge is 0.462 e. The van der Waals surface area contributed by atoms with Crippen LogP contribution in [-0.2, 0) is 19.1 Å². The van der Waals surface area contributed by atoms with Crippen LogP contribution in [0.2, 0.25) is 0 Å². The zero-order valence-corrected chi connectivity index (χ0v) is 20.8. The molecule has 178 valence electrons. The lowest BCUT2D eigenvalue weighted by Gasteiger charge is -2.40. The van der Waals surface area contributed by atoms with Crippen LogP contribution in [0.4, 0.5) is 0 Å². The second-order valence-electron chi connectivity index (χ2n) is 10.7. The van der Waals surface area contributed by atoms with Crippen molar-refractivity contribution in [1.29, 1.82) is 0 Å². The maximum atomic E-state index is 12.4. The molecule has 1 aliphatic heterocycles. The Morgan fingerprint density at radius 1 is 0.903 bits per heavy atom. The number of ketones is 1. The first-order valence-corrected chi connectivity index (χ1v) is 12.8. The van der Waals surface area contributed by atoms with Crippen molar-refractivity contribution in [3.63, 3.8) is 0 Å². The van der Waals surface area contributed by atoms with Gasteiger partial charge in [0.2, 0.25) is 0 Å². The standard InChI is InChI=1S/C27H46O4/c1-6-7-8-9-10-11-12-13-14-15-16-17-24(29)30-23-20-25(3,4)27(19-18-22(2)28)26(5,21-23)31-27/h18-19,23H,6-17,20-21H2,1-5H3. The fourth-order valence-electron chi connectivity index (χ4n) is 5.54. The molecule has 3 unspecified atom stereocenters. The first-order chi connectivity index (χ1) is 14.7. The zero-order chi connectivity index (χ0) is 23.0. The molecular formula is C27H46O4. The zero-order valence-electron chi connectivity index (χ0n) is 20.8. The van der Waals surface area contributed by atoms with Crippen molar-refractivity contribution in [1.82, 2.24) is 0 Å². The first-order valence-electron chi connectivity index (χ1n) is 12.8. The second kappa shape index (κ2) is 11.6. The number of allylic oxidation sites excluding steroid dienone is 1. The molecule has 2 aliphatic rings. The third-order valence-electron chi connectivity index (χ3n) is 7.33. The molecule has 1 aliphatic carbocycles. The quantitative estimate of drug-likeness (QED) is 0.119. The Morgan fingerprint density at radius 3 is 1.97 bits per heavy atom. The summed E-state index contributed by atoms with van der Waals surface area (Å²) in [7, 11) is 0. The summed E-state index contributed by atoms with van der Waals surface area (Å²) in [6.45, 7) is 10.2. The van der Waals surface area contributed by atoms with Crippen molar-refractivity contribution in [3.05, 3.63) is 12.2 Å². The van der Waals surface area contributed by atoms with E-state index >= 15 is 0 Å². The summed E-state index contributed by atoms with van der Waals surface area (Å²) in [5.41, 5.74) is -0.972. The van der Waals surface area contributed by atoms with Gasteiger partial charge in [-0.1, -0.05) is 85.0 Å². The van der Waals surface area contributed by atoms with Crippen LogP contribution in [0.1, 0.15) is 125 Å². The maximum Gasteiger partial charge on any atom is 0.306 e. The van der Waals surface area contributed by atoms with Crippen molar-refractivity contribution in [3.8, 4) is 0 Å². The van der Waals surface area contributed by atoms with E-state index in [1.807, 2.05) is 6.08 Å². The van der Waals surface area contributed by atoms with Crippen LogP contribution < -0.4 is 0 Å². The highest BCUT2D eigenvalue weighted by molar-refractivity contribution is 5.87. The van der Waals surface area contributed by atoms with Crippen molar-refractivity contribution in [2.24, 2.45) is 5.41 Å². The number of hydrogen-bond donors (Lipinski definition) is 0. The van der Waals surface area contributed by atoms with E-state index in [9.17, 15) is 9.59 Å². The average Bonchev–Trinajstić information content (AvgIpc) is 3.30. The Bertz CT molecular complexity index is 623. The van der Waals surface area contributed by atoms with Crippen LogP contribution >= 0.6 is 0 Å². The van der Waals surface area contributed by atoms with Gasteiger partial charge in [0, 0.05) is 18.3 Å². The molecule has 0 N–H and O–H groups in total. The molecule has 1 saturated heterocycles. The van der Waals surface area contributed by atoms with Crippen LogP contribution in [-0.4, -0.2) is 29.1 Å². The minimum atomic E-state index is -0.426. The number of rotatable bonds is 15. The highest BCUT2D eigenvalue weighted by Gasteiger charge is 2.75. The Hall–Kier alpha value is -1.16. The Balaban J connectivity index is 1.61. The minimum absolute atomic E-state index is 0.0311. The first kappa shape index (κ1) is 26.1. The number of unbranched alkanes of at least 4 members (excludes halogenated alkanes) is 10. The molecule has 0 aromatic rings. The fraction of sp³-hybridized carbons (Fsp3) is 0.852. The van der Waals surface area contributed by atoms with Gasteiger partial charge in [-0.3, -0.25) is 9.59 Å². The molecule has 2 rings (SSSR count). The number of fused-ring (bicyclic) bond motifs is 1. The molecule has 0 spiro atoms. The van der Waals surface area contributed by atoms with Gasteiger partial charge in [0.25, 0.3) is 0 Å². The van der Waals surface area contributed by atoms with Gasteiger partial charge in [-0.15, -0.1) is 0 Å². The van der Waals surface area contributed by atoms with Crippen LogP contribution in [0.3, 0.4) is 0 Å². The number of carbonyl (C=O) groups excluding carboxylic acids is 2. The summed E-state index contributed by atoms with van der Waals surface area (Å²) in [5, 5.41) is 0. The Labute approximate surface area is 190 Å². The lowest BCUT2D eigenvalue weighted by atomic mass is 9.63. The van der Waals surface area contributed by atoms with Gasteiger partial charge in [0.1, 0.15) is 17.3 Å². The van der Waals surface area contributed by atoms with Gasteiger partial charge < -0.3 is 9.47 Å². The van der Waals surface area contributed by atoms with Crippen LogP contribution in [0.25, 0.3) is 0 Å². The van der Waals surface area contributed by atoms with Gasteiger partial charge >= 0.3 is 5.97 Å². The van der Waals surface area contributed by atoms with E-state index in [-0.39, 0.29) is 28.9 Å². The van der Waals surface area contributed by atoms with E-state index in [1.165, 1.54) is 57.8 Å². The minimum Gasteiger partial charge on any atom is -0.462 e. The summed E-state index contributed by atoms with van der Waals surface area (Å²) < 4.78 is 12.0. The summed E-state index contributed by atoms with van der Waals surface area (Å²) in [5.74, 6) is -0.0451. The van der Waals surface area contributed by atoms with Crippen LogP contribution in [0.15, 0.2) is 12.2 Å². The normalized spacial score (nSPS) is 29.0. The molecular weight excluding hydrogens is 388 g/mol. The molecule has 1 heterocycles. The van der Waals surface area contributed by atoms with Gasteiger partial charge in [0.05, 0.1) is 0 Å². The second-order valence-corrected chi connectivity index (χ2v) is 10.7. The van der Waals surface area contributed by atoms with E-state index in [2.05, 4.69) is 27.7 Å². The lowest BCUT2D eigenvalue weighted by Crippen LogP contribution is -2.47. The van der Waals surface area contributed by atoms with Crippen LogP contribution in [0, 0.1) is 5.41 Å². The summed E-state index contributed by atoms with van der Waals surface area (Å²) in [4.78, 5) is 23.8. The van der Waals surface area contributed by atoms with E-state index in [0.717, 1.165) is 19.3 Å². The van der Waals surface area contributed by atoms with Crippen molar-refractivity contribution < 1.29 is 19.1 Å². The third kappa shape index (κ3) is 7.17. The van der Waals surface area contributed by atoms with Gasteiger partial charge in [0.15, 0.2) is 5.78 Å². The molecule has 4 nitrogen and oxygen atoms in total. The monoisotopic (exact) mass is 434 g/mol. The highest BCUT2D eigenvalue weighted by Crippen LogP contribution is 2.66. The molecule has 3 atom stereocenters. The molecule has 2 fully saturated rings. The SMILES string of the molecule is CCCCCCCCCCCCCC(=O)OC1CC(C)(C)C2(C=CC(C)=O)OC2(C)C1. The Morgan fingerprint density at radius 2 is 1.45 bits per heavy atom. The average molecular weight is 435 g/mol. The fourth-order valence-corrected chi connectivity index (χ4v) is 5.54. The third-order valence-corrected chi connectivity index (χ3v) is 7.33.